The Morgan fingerprint density at radius 3 is 3.00 bits per heavy atom. The van der Waals surface area contributed by atoms with E-state index in [1.54, 1.807) is 0 Å². The maximum atomic E-state index is 11.5. The Bertz CT molecular complexity index is 521. The van der Waals surface area contributed by atoms with Crippen molar-refractivity contribution in [3.05, 3.63) is 28.2 Å². The Morgan fingerprint density at radius 2 is 2.35 bits per heavy atom. The quantitative estimate of drug-likeness (QED) is 0.570. The number of anilines is 1. The van der Waals surface area contributed by atoms with Gasteiger partial charge < -0.3 is 20.7 Å². The average molecular weight is 236 g/mol. The maximum absolute atomic E-state index is 11.5. The molecule has 0 saturated carbocycles. The second-order valence-corrected chi connectivity index (χ2v) is 3.57. The summed E-state index contributed by atoms with van der Waals surface area (Å²) in [7, 11) is 0. The predicted molar refractivity (Wildman–Crippen MR) is 62.6 cm³/mol. The normalized spacial score (nSPS) is 14.7. The fourth-order valence-corrected chi connectivity index (χ4v) is 1.44. The number of pyridine rings is 1. The molecule has 1 aromatic heterocycles. The van der Waals surface area contributed by atoms with Gasteiger partial charge in [-0.05, 0) is 12.5 Å². The molecule has 4 N–H and O–H groups in total. The molecule has 1 aliphatic rings. The van der Waals surface area contributed by atoms with Crippen LogP contribution in [0.3, 0.4) is 0 Å². The van der Waals surface area contributed by atoms with Crippen molar-refractivity contribution in [2.24, 2.45) is 4.99 Å². The van der Waals surface area contributed by atoms with Crippen LogP contribution in [-0.2, 0) is 0 Å². The summed E-state index contributed by atoms with van der Waals surface area (Å²) in [5.74, 6) is -0.605. The number of aromatic carboxylic acids is 1. The fraction of sp³-hybridized carbons (Fsp3) is 0.300. The minimum absolute atomic E-state index is 0.0171. The summed E-state index contributed by atoms with van der Waals surface area (Å²) in [6.45, 7) is 1.47. The Labute approximate surface area is 96.6 Å². The van der Waals surface area contributed by atoms with Crippen LogP contribution in [0, 0.1) is 0 Å². The summed E-state index contributed by atoms with van der Waals surface area (Å²) in [5.41, 5.74) is -0.202. The number of rotatable bonds is 2. The van der Waals surface area contributed by atoms with Gasteiger partial charge in [0.2, 0.25) is 0 Å². The average Bonchev–Trinajstić information content (AvgIpc) is 2.33. The van der Waals surface area contributed by atoms with Gasteiger partial charge in [0.15, 0.2) is 5.96 Å². The zero-order valence-electron chi connectivity index (χ0n) is 8.99. The third-order valence-corrected chi connectivity index (χ3v) is 2.30. The summed E-state index contributed by atoms with van der Waals surface area (Å²) in [6, 6.07) is 1.28. The van der Waals surface area contributed by atoms with Crippen LogP contribution in [0.15, 0.2) is 22.1 Å². The highest BCUT2D eigenvalue weighted by molar-refractivity contribution is 5.95. The molecule has 0 fully saturated rings. The molecule has 0 atom stereocenters. The largest absolute Gasteiger partial charge is 0.478 e. The zero-order valence-corrected chi connectivity index (χ0v) is 8.99. The van der Waals surface area contributed by atoms with Crippen LogP contribution in [0.1, 0.15) is 16.8 Å². The standard InChI is InChI=1S/C10H12N4O3/c15-8-7(4-6(5-13-8)9(16)17)14-10-11-2-1-3-12-10/h4-5H,1-3H2,(H,13,15)(H,16,17)(H2,11,12,14). The van der Waals surface area contributed by atoms with Crippen molar-refractivity contribution in [3.63, 3.8) is 0 Å². The number of nitrogens with one attached hydrogen (secondary N) is 3. The van der Waals surface area contributed by atoms with Crippen molar-refractivity contribution in [1.82, 2.24) is 10.3 Å². The molecule has 0 radical (unpaired) electrons. The van der Waals surface area contributed by atoms with Crippen molar-refractivity contribution in [2.45, 2.75) is 6.42 Å². The van der Waals surface area contributed by atoms with Crippen LogP contribution in [0.4, 0.5) is 5.69 Å². The number of hydrogen-bond acceptors (Lipinski definition) is 5. The van der Waals surface area contributed by atoms with Crippen molar-refractivity contribution in [3.8, 4) is 0 Å². The summed E-state index contributed by atoms with van der Waals surface area (Å²) < 4.78 is 0. The highest BCUT2D eigenvalue weighted by Gasteiger charge is 2.10. The molecule has 2 heterocycles. The van der Waals surface area contributed by atoms with E-state index in [2.05, 4.69) is 20.6 Å². The van der Waals surface area contributed by atoms with E-state index in [1.807, 2.05) is 0 Å². The van der Waals surface area contributed by atoms with Crippen molar-refractivity contribution in [2.75, 3.05) is 18.4 Å². The van der Waals surface area contributed by atoms with Gasteiger partial charge in [-0.3, -0.25) is 9.79 Å². The molecule has 1 aromatic rings. The lowest BCUT2D eigenvalue weighted by Gasteiger charge is -2.15. The van der Waals surface area contributed by atoms with E-state index in [-0.39, 0.29) is 16.8 Å². The molecule has 0 spiro atoms. The lowest BCUT2D eigenvalue weighted by molar-refractivity contribution is 0.0696. The van der Waals surface area contributed by atoms with Gasteiger partial charge in [-0.25, -0.2) is 4.79 Å². The molecule has 17 heavy (non-hydrogen) atoms. The monoisotopic (exact) mass is 236 g/mol. The summed E-state index contributed by atoms with van der Waals surface area (Å²) in [6.07, 6.45) is 2.10. The molecular formula is C10H12N4O3. The molecule has 7 nitrogen and oxygen atoms in total. The number of aromatic nitrogens is 1. The lowest BCUT2D eigenvalue weighted by atomic mass is 10.2. The SMILES string of the molecule is O=C(O)c1c[nH]c(=O)c(NC2=NCCCN2)c1. The Hall–Kier alpha value is -2.31. The molecule has 0 aliphatic carbocycles. The first kappa shape index (κ1) is 11.2. The number of carboxylic acid groups (broad SMARTS) is 1. The van der Waals surface area contributed by atoms with Crippen LogP contribution >= 0.6 is 0 Å². The second kappa shape index (κ2) is 4.69. The van der Waals surface area contributed by atoms with Crippen LogP contribution in [0.2, 0.25) is 0 Å². The van der Waals surface area contributed by atoms with E-state index in [4.69, 9.17) is 5.11 Å². The minimum Gasteiger partial charge on any atom is -0.478 e. The maximum Gasteiger partial charge on any atom is 0.337 e. The van der Waals surface area contributed by atoms with E-state index < -0.39 is 5.97 Å². The van der Waals surface area contributed by atoms with Crippen LogP contribution in [0.25, 0.3) is 0 Å². The van der Waals surface area contributed by atoms with Crippen molar-refractivity contribution in [1.29, 1.82) is 0 Å². The molecule has 1 aliphatic heterocycles. The highest BCUT2D eigenvalue weighted by Crippen LogP contribution is 2.04. The number of aromatic amines is 1. The summed E-state index contributed by atoms with van der Waals surface area (Å²) in [4.78, 5) is 28.7. The molecule has 0 aromatic carbocycles. The third kappa shape index (κ3) is 2.63. The molecule has 2 rings (SSSR count). The smallest absolute Gasteiger partial charge is 0.337 e. The topological polar surface area (TPSA) is 107 Å². The molecule has 0 saturated heterocycles. The van der Waals surface area contributed by atoms with Gasteiger partial charge in [-0.15, -0.1) is 0 Å². The first-order valence-electron chi connectivity index (χ1n) is 5.18. The lowest BCUT2D eigenvalue weighted by Crippen LogP contribution is -2.36. The Morgan fingerprint density at radius 1 is 1.53 bits per heavy atom. The second-order valence-electron chi connectivity index (χ2n) is 3.57. The van der Waals surface area contributed by atoms with Crippen molar-refractivity contribution >= 4 is 17.6 Å². The van der Waals surface area contributed by atoms with Crippen LogP contribution in [0.5, 0.6) is 0 Å². The number of hydrogen-bond donors (Lipinski definition) is 4. The Balaban J connectivity index is 2.25. The summed E-state index contributed by atoms with van der Waals surface area (Å²) in [5, 5.41) is 14.6. The highest BCUT2D eigenvalue weighted by atomic mass is 16.4. The van der Waals surface area contributed by atoms with Gasteiger partial charge in [0.25, 0.3) is 5.56 Å². The number of carbonyl (C=O) groups is 1. The fourth-order valence-electron chi connectivity index (χ4n) is 1.44. The van der Waals surface area contributed by atoms with Crippen LogP contribution < -0.4 is 16.2 Å². The van der Waals surface area contributed by atoms with E-state index in [1.165, 1.54) is 6.07 Å². The zero-order chi connectivity index (χ0) is 12.3. The van der Waals surface area contributed by atoms with E-state index in [9.17, 15) is 9.59 Å². The molecule has 90 valence electrons. The van der Waals surface area contributed by atoms with Gasteiger partial charge in [-0.1, -0.05) is 0 Å². The van der Waals surface area contributed by atoms with Gasteiger partial charge in [0, 0.05) is 19.3 Å². The van der Waals surface area contributed by atoms with E-state index in [0.717, 1.165) is 19.2 Å². The predicted octanol–water partition coefficient (Wildman–Crippen LogP) is -0.166. The van der Waals surface area contributed by atoms with Gasteiger partial charge in [0.1, 0.15) is 5.69 Å². The van der Waals surface area contributed by atoms with Gasteiger partial charge >= 0.3 is 5.97 Å². The Kier molecular flexibility index (Phi) is 3.08. The number of carboxylic acids is 1. The minimum atomic E-state index is -1.09. The molecule has 0 bridgehead atoms. The number of H-pyrrole nitrogens is 1. The van der Waals surface area contributed by atoms with E-state index in [0.29, 0.717) is 12.5 Å². The molecule has 0 amide bonds. The number of aliphatic imine (C=N–C) groups is 1. The molecule has 7 heteroatoms. The summed E-state index contributed by atoms with van der Waals surface area (Å²) >= 11 is 0. The molecular weight excluding hydrogens is 224 g/mol. The number of guanidine groups is 1. The van der Waals surface area contributed by atoms with Gasteiger partial charge in [-0.2, -0.15) is 0 Å². The molecule has 0 unspecified atom stereocenters. The first-order chi connectivity index (χ1) is 8.16. The number of nitrogens with zero attached hydrogens (tertiary/aromatic N) is 1. The first-order valence-corrected chi connectivity index (χ1v) is 5.18. The van der Waals surface area contributed by atoms with E-state index >= 15 is 0 Å². The van der Waals surface area contributed by atoms with Crippen LogP contribution in [-0.4, -0.2) is 35.1 Å². The third-order valence-electron chi connectivity index (χ3n) is 2.30. The van der Waals surface area contributed by atoms with Crippen molar-refractivity contribution < 1.29 is 9.90 Å². The van der Waals surface area contributed by atoms with Gasteiger partial charge in [0.05, 0.1) is 5.56 Å².